The predicted molar refractivity (Wildman–Crippen MR) is 159 cm³/mol. The second-order valence-corrected chi connectivity index (χ2v) is 12.8. The zero-order valence-electron chi connectivity index (χ0n) is 26.8. The van der Waals surface area contributed by atoms with Crippen LogP contribution in [0.5, 0.6) is 0 Å². The summed E-state index contributed by atoms with van der Waals surface area (Å²) in [5.74, 6) is -1.13. The van der Waals surface area contributed by atoms with E-state index in [1.165, 1.54) is 6.92 Å². The van der Waals surface area contributed by atoms with Gasteiger partial charge in [0, 0.05) is 19.7 Å². The smallest absolute Gasteiger partial charge is 0.332 e. The number of ether oxygens (including phenoxy) is 6. The molecular formula is C30H52N2O15. The van der Waals surface area contributed by atoms with Crippen molar-refractivity contribution in [2.75, 3.05) is 26.3 Å². The van der Waals surface area contributed by atoms with Gasteiger partial charge < -0.3 is 74.8 Å². The molecule has 9 N–H and O–H groups in total. The van der Waals surface area contributed by atoms with E-state index in [0.717, 1.165) is 32.1 Å². The molecule has 0 aromatic rings. The summed E-state index contributed by atoms with van der Waals surface area (Å²) in [7, 11) is 0. The third-order valence-corrected chi connectivity index (χ3v) is 9.37. The number of aliphatic carboxylic acids is 1. The molecule has 0 aromatic heterocycles. The molecule has 4 aliphatic rings. The number of urea groups is 1. The minimum absolute atomic E-state index is 0.0842. The first-order valence-corrected chi connectivity index (χ1v) is 16.6. The van der Waals surface area contributed by atoms with Crippen molar-refractivity contribution in [2.24, 2.45) is 5.92 Å². The van der Waals surface area contributed by atoms with E-state index in [4.69, 9.17) is 28.4 Å². The van der Waals surface area contributed by atoms with Gasteiger partial charge in [-0.15, -0.1) is 0 Å². The van der Waals surface area contributed by atoms with Crippen molar-refractivity contribution in [3.05, 3.63) is 0 Å². The Balaban J connectivity index is 1.53. The molecule has 0 bridgehead atoms. The Morgan fingerprint density at radius 3 is 2.19 bits per heavy atom. The van der Waals surface area contributed by atoms with Gasteiger partial charge in [0.1, 0.15) is 54.9 Å². The first-order valence-electron chi connectivity index (χ1n) is 16.6. The van der Waals surface area contributed by atoms with Gasteiger partial charge in [0.15, 0.2) is 18.7 Å². The van der Waals surface area contributed by atoms with Crippen molar-refractivity contribution in [2.45, 2.75) is 145 Å². The topological polar surface area (TPSA) is 255 Å². The number of carbonyl (C=O) groups excluding carboxylic acids is 1. The quantitative estimate of drug-likeness (QED) is 0.101. The number of rotatable bonds is 13. The van der Waals surface area contributed by atoms with Crippen LogP contribution >= 0.6 is 0 Å². The molecule has 4 rings (SSSR count). The summed E-state index contributed by atoms with van der Waals surface area (Å²) in [5.41, 5.74) is 0. The van der Waals surface area contributed by atoms with Gasteiger partial charge in [-0.05, 0) is 32.6 Å². The minimum Gasteiger partial charge on any atom is -0.479 e. The second kappa shape index (κ2) is 17.8. The predicted octanol–water partition coefficient (Wildman–Crippen LogP) is -2.06. The average Bonchev–Trinajstić information content (AvgIpc) is 3.05. The SMILES string of the molecule is CCNC(=O)NC[C@H]1OCC[C@@H](O[C@@H]2O[C@H](CO)[C@H](O)[C@H](O[C@@H](CC3CCCCC3)C(=O)O)[C@H]2O)[C@@H]1O[C@@H]1O[C@@H](C)[C@@H](O)[C@@H](O)[C@@H]1O. The maximum absolute atomic E-state index is 12.2. The first kappa shape index (κ1) is 38.1. The van der Waals surface area contributed by atoms with Gasteiger partial charge >= 0.3 is 12.0 Å². The molecule has 4 fully saturated rings. The molecule has 0 unspecified atom stereocenters. The molecule has 14 atom stereocenters. The van der Waals surface area contributed by atoms with Crippen LogP contribution in [0, 0.1) is 5.92 Å². The summed E-state index contributed by atoms with van der Waals surface area (Å²) in [6, 6.07) is -0.481. The van der Waals surface area contributed by atoms with E-state index in [9.17, 15) is 45.3 Å². The van der Waals surface area contributed by atoms with Crippen molar-refractivity contribution in [1.29, 1.82) is 0 Å². The largest absolute Gasteiger partial charge is 0.479 e. The molecule has 0 radical (unpaired) electrons. The highest BCUT2D eigenvalue weighted by Crippen LogP contribution is 2.34. The van der Waals surface area contributed by atoms with E-state index in [-0.39, 0.29) is 31.9 Å². The molecule has 47 heavy (non-hydrogen) atoms. The Kier molecular flexibility index (Phi) is 14.4. The Morgan fingerprint density at radius 1 is 0.830 bits per heavy atom. The monoisotopic (exact) mass is 680 g/mol. The van der Waals surface area contributed by atoms with Crippen LogP contribution in [0.4, 0.5) is 4.79 Å². The summed E-state index contributed by atoms with van der Waals surface area (Å²) < 4.78 is 35.4. The highest BCUT2D eigenvalue weighted by molar-refractivity contribution is 5.73. The number of hydrogen-bond donors (Lipinski definition) is 9. The lowest BCUT2D eigenvalue weighted by Crippen LogP contribution is -2.64. The number of carboxylic acid groups (broad SMARTS) is 1. The maximum Gasteiger partial charge on any atom is 0.332 e. The third-order valence-electron chi connectivity index (χ3n) is 9.37. The van der Waals surface area contributed by atoms with E-state index in [1.54, 1.807) is 6.92 Å². The summed E-state index contributed by atoms with van der Waals surface area (Å²) in [4.78, 5) is 24.4. The van der Waals surface area contributed by atoms with Gasteiger partial charge in [-0.1, -0.05) is 32.1 Å². The molecule has 3 saturated heterocycles. The van der Waals surface area contributed by atoms with Crippen LogP contribution in [-0.2, 0) is 33.2 Å². The molecule has 1 aliphatic carbocycles. The van der Waals surface area contributed by atoms with Gasteiger partial charge in [0.2, 0.25) is 0 Å². The van der Waals surface area contributed by atoms with Gasteiger partial charge in [-0.2, -0.15) is 0 Å². The molecule has 0 aromatic carbocycles. The van der Waals surface area contributed by atoms with Crippen LogP contribution < -0.4 is 10.6 Å². The normalized spacial score (nSPS) is 40.8. The maximum atomic E-state index is 12.2. The lowest BCUT2D eigenvalue weighted by Gasteiger charge is -2.47. The van der Waals surface area contributed by atoms with Gasteiger partial charge in [0.25, 0.3) is 0 Å². The van der Waals surface area contributed by atoms with Crippen molar-refractivity contribution in [1.82, 2.24) is 10.6 Å². The molecule has 272 valence electrons. The Labute approximate surface area is 273 Å². The van der Waals surface area contributed by atoms with Crippen molar-refractivity contribution < 1.29 is 73.8 Å². The number of carbonyl (C=O) groups is 2. The lowest BCUT2D eigenvalue weighted by atomic mass is 9.85. The van der Waals surface area contributed by atoms with Crippen LogP contribution in [0.1, 0.15) is 58.8 Å². The molecule has 17 heteroatoms. The van der Waals surface area contributed by atoms with Gasteiger partial charge in [0.05, 0.1) is 18.8 Å². The lowest BCUT2D eigenvalue weighted by molar-refractivity contribution is -0.355. The number of aliphatic hydroxyl groups excluding tert-OH is 6. The Morgan fingerprint density at radius 2 is 1.53 bits per heavy atom. The van der Waals surface area contributed by atoms with E-state index in [0.29, 0.717) is 6.54 Å². The zero-order chi connectivity index (χ0) is 34.2. The molecule has 0 spiro atoms. The Hall–Kier alpha value is -1.74. The van der Waals surface area contributed by atoms with E-state index in [1.807, 2.05) is 0 Å². The fourth-order valence-electron chi connectivity index (χ4n) is 6.66. The zero-order valence-corrected chi connectivity index (χ0v) is 26.8. The third kappa shape index (κ3) is 9.70. The highest BCUT2D eigenvalue weighted by atomic mass is 16.7. The standard InChI is InChI=1S/C30H52N2O15/c1-3-31-30(41)32-12-18-25(47-28-23(37)22(36)20(34)14(2)43-28)16(9-10-42-18)45-29-24(38)26(21(35)19(13-33)46-29)44-17(27(39)40)11-15-7-5-4-6-8-15/h14-26,28-29,33-38H,3-13H2,1-2H3,(H,39,40)(H2,31,32,41)/t14-,16+,17-,18+,19+,20+,21-,22+,23-,24+,25-,26-,28-,29+/m0/s1. The molecule has 3 heterocycles. The summed E-state index contributed by atoms with van der Waals surface area (Å²) >= 11 is 0. The van der Waals surface area contributed by atoms with Crippen LogP contribution in [0.15, 0.2) is 0 Å². The van der Waals surface area contributed by atoms with Crippen molar-refractivity contribution in [3.8, 4) is 0 Å². The number of aliphatic hydroxyl groups is 6. The van der Waals surface area contributed by atoms with Gasteiger partial charge in [-0.3, -0.25) is 0 Å². The van der Waals surface area contributed by atoms with E-state index in [2.05, 4.69) is 10.6 Å². The molecule has 3 aliphatic heterocycles. The van der Waals surface area contributed by atoms with Crippen LogP contribution in [0.2, 0.25) is 0 Å². The van der Waals surface area contributed by atoms with E-state index >= 15 is 0 Å². The average molecular weight is 681 g/mol. The number of hydrogen-bond acceptors (Lipinski definition) is 14. The van der Waals surface area contributed by atoms with Crippen LogP contribution in [-0.4, -0.2) is 160 Å². The van der Waals surface area contributed by atoms with Crippen molar-refractivity contribution >= 4 is 12.0 Å². The summed E-state index contributed by atoms with van der Waals surface area (Å²) in [5, 5.41) is 78.6. The minimum atomic E-state index is -1.70. The fraction of sp³-hybridized carbons (Fsp3) is 0.933. The van der Waals surface area contributed by atoms with Crippen LogP contribution in [0.25, 0.3) is 0 Å². The number of nitrogens with one attached hydrogen (secondary N) is 2. The second-order valence-electron chi connectivity index (χ2n) is 12.8. The summed E-state index contributed by atoms with van der Waals surface area (Å²) in [6.45, 7) is 2.92. The molecular weight excluding hydrogens is 628 g/mol. The first-order chi connectivity index (χ1) is 22.4. The van der Waals surface area contributed by atoms with Gasteiger partial charge in [-0.25, -0.2) is 9.59 Å². The highest BCUT2D eigenvalue weighted by Gasteiger charge is 2.51. The number of amides is 2. The van der Waals surface area contributed by atoms with Crippen molar-refractivity contribution in [3.63, 3.8) is 0 Å². The molecule has 2 amide bonds. The summed E-state index contributed by atoms with van der Waals surface area (Å²) in [6.07, 6.45) is -13.9. The fourth-order valence-corrected chi connectivity index (χ4v) is 6.66. The Bertz CT molecular complexity index is 989. The van der Waals surface area contributed by atoms with E-state index < -0.39 is 104 Å². The number of carboxylic acids is 1. The van der Waals surface area contributed by atoms with Crippen LogP contribution in [0.3, 0.4) is 0 Å². The molecule has 17 nitrogen and oxygen atoms in total. The molecule has 1 saturated carbocycles.